The maximum Gasteiger partial charge on any atom is 0.251 e. The summed E-state index contributed by atoms with van der Waals surface area (Å²) in [5.74, 6) is -0.336. The molecule has 1 heterocycles. The molecule has 1 aromatic rings. The summed E-state index contributed by atoms with van der Waals surface area (Å²) in [6, 6.07) is 7.45. The number of hydrogen-bond acceptors (Lipinski definition) is 3. The van der Waals surface area contributed by atoms with Crippen molar-refractivity contribution in [2.75, 3.05) is 27.2 Å². The molecule has 1 aliphatic heterocycles. The molecule has 2 rings (SSSR count). The van der Waals surface area contributed by atoms with E-state index in [0.29, 0.717) is 18.7 Å². The van der Waals surface area contributed by atoms with Gasteiger partial charge in [0.1, 0.15) is 0 Å². The number of carbonyl (C=O) groups excluding carboxylic acids is 2. The molecule has 0 unspecified atom stereocenters. The molecule has 2 N–H and O–H groups in total. The van der Waals surface area contributed by atoms with Crippen LogP contribution in [-0.4, -0.2) is 49.9 Å². The molecular formula is C16H23N3O2. The number of rotatable bonds is 4. The van der Waals surface area contributed by atoms with Gasteiger partial charge in [0.15, 0.2) is 0 Å². The minimum absolute atomic E-state index is 0.0222. The zero-order valence-corrected chi connectivity index (χ0v) is 12.8. The van der Waals surface area contributed by atoms with E-state index in [1.165, 1.54) is 5.56 Å². The van der Waals surface area contributed by atoms with E-state index in [9.17, 15) is 9.59 Å². The lowest BCUT2D eigenvalue weighted by Gasteiger charge is -2.18. The molecule has 0 bridgehead atoms. The van der Waals surface area contributed by atoms with E-state index in [4.69, 9.17) is 0 Å². The minimum Gasteiger partial charge on any atom is -0.359 e. The largest absolute Gasteiger partial charge is 0.359 e. The minimum atomic E-state index is -0.195. The lowest BCUT2D eigenvalue weighted by Crippen LogP contribution is -2.45. The zero-order valence-electron chi connectivity index (χ0n) is 12.8. The molecule has 114 valence electrons. The van der Waals surface area contributed by atoms with Gasteiger partial charge in [0.05, 0.1) is 12.0 Å². The second-order valence-corrected chi connectivity index (χ2v) is 5.57. The van der Waals surface area contributed by atoms with E-state index >= 15 is 0 Å². The highest BCUT2D eigenvalue weighted by Gasteiger charge is 2.36. The first-order chi connectivity index (χ1) is 10.0. The van der Waals surface area contributed by atoms with Crippen molar-refractivity contribution in [3.8, 4) is 0 Å². The Balaban J connectivity index is 2.04. The number of aryl methyl sites for hydroxylation is 1. The van der Waals surface area contributed by atoms with Gasteiger partial charge in [-0.05, 0) is 31.2 Å². The van der Waals surface area contributed by atoms with Gasteiger partial charge in [-0.2, -0.15) is 0 Å². The summed E-state index contributed by atoms with van der Waals surface area (Å²) in [6.07, 6.45) is 0.952. The second-order valence-electron chi connectivity index (χ2n) is 5.57. The normalized spacial score (nSPS) is 22.0. The van der Waals surface area contributed by atoms with Gasteiger partial charge in [0, 0.05) is 25.7 Å². The highest BCUT2D eigenvalue weighted by Crippen LogP contribution is 2.16. The van der Waals surface area contributed by atoms with Crippen molar-refractivity contribution in [2.24, 2.45) is 5.92 Å². The third-order valence-electron chi connectivity index (χ3n) is 4.03. The van der Waals surface area contributed by atoms with Crippen LogP contribution < -0.4 is 10.6 Å². The van der Waals surface area contributed by atoms with Gasteiger partial charge in [-0.1, -0.05) is 19.1 Å². The Kier molecular flexibility index (Phi) is 4.96. The molecular weight excluding hydrogens is 266 g/mol. The number of nitrogens with zero attached hydrogens (tertiary/aromatic N) is 1. The summed E-state index contributed by atoms with van der Waals surface area (Å²) in [7, 11) is 3.58. The van der Waals surface area contributed by atoms with Crippen LogP contribution in [-0.2, 0) is 11.2 Å². The molecule has 2 amide bonds. The van der Waals surface area contributed by atoms with Crippen LogP contribution in [0.3, 0.4) is 0 Å². The number of hydrogen-bond donors (Lipinski definition) is 2. The summed E-state index contributed by atoms with van der Waals surface area (Å²) in [4.78, 5) is 26.2. The van der Waals surface area contributed by atoms with Crippen molar-refractivity contribution < 1.29 is 9.59 Å². The van der Waals surface area contributed by atoms with E-state index in [1.54, 1.807) is 7.05 Å². The maximum absolute atomic E-state index is 12.3. The van der Waals surface area contributed by atoms with Crippen molar-refractivity contribution in [2.45, 2.75) is 19.4 Å². The fourth-order valence-corrected chi connectivity index (χ4v) is 2.74. The fourth-order valence-electron chi connectivity index (χ4n) is 2.74. The first-order valence-electron chi connectivity index (χ1n) is 7.35. The summed E-state index contributed by atoms with van der Waals surface area (Å²) in [5, 5.41) is 5.66. The topological polar surface area (TPSA) is 61.4 Å². The molecule has 1 aromatic carbocycles. The highest BCUT2D eigenvalue weighted by molar-refractivity contribution is 5.95. The quantitative estimate of drug-likeness (QED) is 0.856. The molecule has 5 nitrogen and oxygen atoms in total. The van der Waals surface area contributed by atoms with Crippen LogP contribution in [0.1, 0.15) is 22.8 Å². The van der Waals surface area contributed by atoms with Gasteiger partial charge in [-0.3, -0.25) is 9.59 Å². The summed E-state index contributed by atoms with van der Waals surface area (Å²) >= 11 is 0. The molecule has 5 heteroatoms. The third-order valence-corrected chi connectivity index (χ3v) is 4.03. The van der Waals surface area contributed by atoms with E-state index in [2.05, 4.69) is 22.5 Å². The maximum atomic E-state index is 12.3. The Morgan fingerprint density at radius 2 is 1.90 bits per heavy atom. The van der Waals surface area contributed by atoms with Crippen LogP contribution in [0, 0.1) is 5.92 Å². The predicted octanol–water partition coefficient (Wildman–Crippen LogP) is 0.655. The molecule has 2 atom stereocenters. The van der Waals surface area contributed by atoms with Crippen molar-refractivity contribution in [1.82, 2.24) is 15.5 Å². The summed E-state index contributed by atoms with van der Waals surface area (Å²) in [5.41, 5.74) is 1.84. The van der Waals surface area contributed by atoms with Crippen molar-refractivity contribution in [1.29, 1.82) is 0 Å². The van der Waals surface area contributed by atoms with E-state index < -0.39 is 0 Å². The van der Waals surface area contributed by atoms with Gasteiger partial charge in [-0.25, -0.2) is 0 Å². The first kappa shape index (κ1) is 15.5. The van der Waals surface area contributed by atoms with Crippen LogP contribution in [0.25, 0.3) is 0 Å². The number of likely N-dealkylation sites (tertiary alicyclic amines) is 1. The van der Waals surface area contributed by atoms with E-state index in [-0.39, 0.29) is 23.8 Å². The molecule has 0 aliphatic carbocycles. The first-order valence-corrected chi connectivity index (χ1v) is 7.35. The molecule has 1 aliphatic rings. The van der Waals surface area contributed by atoms with Crippen LogP contribution in [0.2, 0.25) is 0 Å². The number of benzene rings is 1. The zero-order chi connectivity index (χ0) is 15.4. The lowest BCUT2D eigenvalue weighted by molar-refractivity contribution is -0.124. The Hall–Kier alpha value is -1.88. The Morgan fingerprint density at radius 3 is 2.48 bits per heavy atom. The molecule has 21 heavy (non-hydrogen) atoms. The number of nitrogens with one attached hydrogen (secondary N) is 2. The second kappa shape index (κ2) is 6.72. The third kappa shape index (κ3) is 3.61. The van der Waals surface area contributed by atoms with Gasteiger partial charge in [0.2, 0.25) is 5.91 Å². The van der Waals surface area contributed by atoms with Crippen molar-refractivity contribution in [3.63, 3.8) is 0 Å². The lowest BCUT2D eigenvalue weighted by atomic mass is 10.0. The van der Waals surface area contributed by atoms with Crippen molar-refractivity contribution in [3.05, 3.63) is 35.4 Å². The van der Waals surface area contributed by atoms with Crippen LogP contribution >= 0.6 is 0 Å². The molecule has 1 saturated heterocycles. The van der Waals surface area contributed by atoms with Crippen LogP contribution in [0.15, 0.2) is 24.3 Å². The Morgan fingerprint density at radius 1 is 1.24 bits per heavy atom. The van der Waals surface area contributed by atoms with Crippen LogP contribution in [0.4, 0.5) is 0 Å². The molecule has 0 spiro atoms. The fraction of sp³-hybridized carbons (Fsp3) is 0.500. The Labute approximate surface area is 125 Å². The van der Waals surface area contributed by atoms with E-state index in [0.717, 1.165) is 6.42 Å². The van der Waals surface area contributed by atoms with Crippen LogP contribution in [0.5, 0.6) is 0 Å². The highest BCUT2D eigenvalue weighted by atomic mass is 16.2. The number of carbonyl (C=O) groups is 2. The molecule has 0 radical (unpaired) electrons. The average Bonchev–Trinajstić information content (AvgIpc) is 2.87. The number of amides is 2. The standard InChI is InChI=1S/C16H23N3O2/c1-4-11-5-7-12(8-6-11)15(20)18-14-10-19(3)9-13(14)16(21)17-2/h5-8,13-14H,4,9-10H2,1-3H3,(H,17,21)(H,18,20)/t13-,14-/m0/s1. The van der Waals surface area contributed by atoms with E-state index in [1.807, 2.05) is 31.3 Å². The monoisotopic (exact) mass is 289 g/mol. The molecule has 0 aromatic heterocycles. The SMILES string of the molecule is CCc1ccc(C(=O)N[C@H]2CN(C)C[C@@H]2C(=O)NC)cc1. The molecule has 1 fully saturated rings. The van der Waals surface area contributed by atoms with Gasteiger partial charge < -0.3 is 15.5 Å². The predicted molar refractivity (Wildman–Crippen MR) is 82.1 cm³/mol. The Bertz CT molecular complexity index is 513. The molecule has 0 saturated carbocycles. The summed E-state index contributed by atoms with van der Waals surface area (Å²) in [6.45, 7) is 3.44. The van der Waals surface area contributed by atoms with Crippen molar-refractivity contribution >= 4 is 11.8 Å². The van der Waals surface area contributed by atoms with Gasteiger partial charge in [0.25, 0.3) is 5.91 Å². The number of likely N-dealkylation sites (N-methyl/N-ethyl adjacent to an activating group) is 1. The van der Waals surface area contributed by atoms with Gasteiger partial charge in [-0.15, -0.1) is 0 Å². The smallest absolute Gasteiger partial charge is 0.251 e. The van der Waals surface area contributed by atoms with Gasteiger partial charge >= 0.3 is 0 Å². The summed E-state index contributed by atoms with van der Waals surface area (Å²) < 4.78 is 0. The average molecular weight is 289 g/mol.